The SMILES string of the molecule is CC(C)(C1CC(=O)[N+](C)(Cc2ccccc2Cl)C1)S(=O)(=O)c1cccc(C(F)(F)F)c1. The van der Waals surface area contributed by atoms with Gasteiger partial charge in [-0.1, -0.05) is 35.9 Å². The molecule has 2 unspecified atom stereocenters. The molecule has 1 amide bonds. The quantitative estimate of drug-likeness (QED) is 0.566. The second-order valence-electron chi connectivity index (χ2n) is 8.76. The van der Waals surface area contributed by atoms with Crippen molar-refractivity contribution >= 4 is 27.3 Å². The van der Waals surface area contributed by atoms with E-state index in [-0.39, 0.29) is 23.4 Å². The van der Waals surface area contributed by atoms with Crippen LogP contribution in [0.3, 0.4) is 0 Å². The number of carbonyl (C=O) groups excluding carboxylic acids is 1. The third-order valence-electron chi connectivity index (χ3n) is 6.27. The number of likely N-dealkylation sites (tertiary alicyclic amines) is 1. The third-order valence-corrected chi connectivity index (χ3v) is 9.23. The molecule has 4 nitrogen and oxygen atoms in total. The molecule has 0 bridgehead atoms. The number of halogens is 4. The zero-order valence-electron chi connectivity index (χ0n) is 17.4. The fourth-order valence-electron chi connectivity index (χ4n) is 4.07. The highest BCUT2D eigenvalue weighted by atomic mass is 35.5. The van der Waals surface area contributed by atoms with Crippen LogP contribution < -0.4 is 0 Å². The summed E-state index contributed by atoms with van der Waals surface area (Å²) >= 11 is 6.23. The Kier molecular flexibility index (Phi) is 6.06. The highest BCUT2D eigenvalue weighted by molar-refractivity contribution is 7.92. The van der Waals surface area contributed by atoms with E-state index in [2.05, 4.69) is 0 Å². The van der Waals surface area contributed by atoms with Gasteiger partial charge in [0.15, 0.2) is 9.84 Å². The fourth-order valence-corrected chi connectivity index (χ4v) is 6.01. The van der Waals surface area contributed by atoms with Crippen LogP contribution in [-0.2, 0) is 27.4 Å². The molecule has 2 aromatic rings. The van der Waals surface area contributed by atoms with Crippen molar-refractivity contribution in [1.29, 1.82) is 0 Å². The summed E-state index contributed by atoms with van der Waals surface area (Å²) in [6, 6.07) is 10.9. The van der Waals surface area contributed by atoms with Crippen LogP contribution >= 0.6 is 11.6 Å². The first kappa shape index (κ1) is 23.8. The molecule has 1 heterocycles. The second-order valence-corrected chi connectivity index (χ2v) is 11.7. The second kappa shape index (κ2) is 7.90. The van der Waals surface area contributed by atoms with Crippen molar-refractivity contribution in [3.05, 3.63) is 64.7 Å². The molecule has 0 spiro atoms. The van der Waals surface area contributed by atoms with E-state index in [1.165, 1.54) is 19.9 Å². The number of rotatable bonds is 5. The van der Waals surface area contributed by atoms with Crippen molar-refractivity contribution in [2.24, 2.45) is 5.92 Å². The maximum absolute atomic E-state index is 13.3. The van der Waals surface area contributed by atoms with E-state index >= 15 is 0 Å². The average Bonchev–Trinajstić information content (AvgIpc) is 2.98. The summed E-state index contributed by atoms with van der Waals surface area (Å²) < 4.78 is 64.5. The molecule has 1 fully saturated rings. The predicted octanol–water partition coefficient (Wildman–Crippen LogP) is 5.10. The molecule has 1 aliphatic heterocycles. The van der Waals surface area contributed by atoms with E-state index < -0.39 is 37.1 Å². The molecule has 0 aliphatic carbocycles. The van der Waals surface area contributed by atoms with E-state index in [0.29, 0.717) is 17.6 Å². The van der Waals surface area contributed by atoms with E-state index in [9.17, 15) is 26.4 Å². The Morgan fingerprint density at radius 1 is 1.10 bits per heavy atom. The van der Waals surface area contributed by atoms with Gasteiger partial charge in [0.05, 0.1) is 35.2 Å². The number of alkyl halides is 3. The van der Waals surface area contributed by atoms with Gasteiger partial charge in [0.1, 0.15) is 6.54 Å². The molecule has 2 atom stereocenters. The lowest BCUT2D eigenvalue weighted by Crippen LogP contribution is -2.47. The van der Waals surface area contributed by atoms with Crippen LogP contribution in [0.2, 0.25) is 5.02 Å². The number of carbonyl (C=O) groups is 1. The molecule has 31 heavy (non-hydrogen) atoms. The maximum Gasteiger partial charge on any atom is 0.416 e. The van der Waals surface area contributed by atoms with Gasteiger partial charge in [0.25, 0.3) is 0 Å². The third kappa shape index (κ3) is 4.38. The summed E-state index contributed by atoms with van der Waals surface area (Å²) in [5.41, 5.74) is -0.245. The van der Waals surface area contributed by atoms with Crippen LogP contribution in [0.4, 0.5) is 13.2 Å². The van der Waals surface area contributed by atoms with Gasteiger partial charge < -0.3 is 0 Å². The van der Waals surface area contributed by atoms with Crippen molar-refractivity contribution in [2.75, 3.05) is 13.6 Å². The molecule has 0 saturated carbocycles. The summed E-state index contributed by atoms with van der Waals surface area (Å²) in [5.74, 6) is -0.690. The monoisotopic (exact) mass is 474 g/mol. The van der Waals surface area contributed by atoms with Gasteiger partial charge in [-0.2, -0.15) is 13.2 Å². The number of quaternary nitrogens is 1. The van der Waals surface area contributed by atoms with Gasteiger partial charge in [0, 0.05) is 16.5 Å². The summed E-state index contributed by atoms with van der Waals surface area (Å²) in [6.45, 7) is 3.52. The molecule has 3 rings (SSSR count). The summed E-state index contributed by atoms with van der Waals surface area (Å²) in [4.78, 5) is 12.5. The van der Waals surface area contributed by atoms with Crippen LogP contribution in [0.5, 0.6) is 0 Å². The number of amides is 1. The molecule has 168 valence electrons. The lowest BCUT2D eigenvalue weighted by molar-refractivity contribution is -0.842. The Balaban J connectivity index is 1.92. The van der Waals surface area contributed by atoms with Gasteiger partial charge in [0.2, 0.25) is 0 Å². The minimum absolute atomic E-state index is 0.0179. The van der Waals surface area contributed by atoms with Crippen molar-refractivity contribution in [3.8, 4) is 0 Å². The van der Waals surface area contributed by atoms with E-state index in [0.717, 1.165) is 17.7 Å². The Morgan fingerprint density at radius 3 is 2.35 bits per heavy atom. The largest absolute Gasteiger partial charge is 0.416 e. The normalized spacial score (nSPS) is 22.7. The summed E-state index contributed by atoms with van der Waals surface area (Å²) in [6.07, 6.45) is -4.63. The number of nitrogens with zero attached hydrogens (tertiary/aromatic N) is 1. The molecule has 1 saturated heterocycles. The highest BCUT2D eigenvalue weighted by Gasteiger charge is 2.54. The fraction of sp³-hybridized carbons (Fsp3) is 0.409. The molecular weight excluding hydrogens is 451 g/mol. The van der Waals surface area contributed by atoms with Crippen LogP contribution in [0.1, 0.15) is 31.4 Å². The van der Waals surface area contributed by atoms with Gasteiger partial charge in [-0.25, -0.2) is 13.2 Å². The minimum Gasteiger partial charge on any atom is -0.259 e. The first-order valence-corrected chi connectivity index (χ1v) is 11.6. The molecular formula is C22H24ClF3NO3S+. The lowest BCUT2D eigenvalue weighted by Gasteiger charge is -2.32. The first-order valence-electron chi connectivity index (χ1n) is 9.72. The number of sulfone groups is 1. The first-order chi connectivity index (χ1) is 14.2. The topological polar surface area (TPSA) is 51.2 Å². The smallest absolute Gasteiger partial charge is 0.259 e. The van der Waals surface area contributed by atoms with Gasteiger partial charge in [-0.05, 0) is 38.1 Å². The van der Waals surface area contributed by atoms with E-state index in [1.807, 2.05) is 12.1 Å². The number of hydrogen-bond donors (Lipinski definition) is 0. The van der Waals surface area contributed by atoms with Crippen molar-refractivity contribution in [2.45, 2.75) is 42.6 Å². The van der Waals surface area contributed by atoms with Gasteiger partial charge in [-0.15, -0.1) is 0 Å². The summed E-state index contributed by atoms with van der Waals surface area (Å²) in [5, 5.41) is 0.522. The summed E-state index contributed by atoms with van der Waals surface area (Å²) in [7, 11) is -2.41. The van der Waals surface area contributed by atoms with Gasteiger partial charge in [-0.3, -0.25) is 4.48 Å². The number of benzene rings is 2. The van der Waals surface area contributed by atoms with Crippen molar-refractivity contribution in [3.63, 3.8) is 0 Å². The molecule has 0 aromatic heterocycles. The van der Waals surface area contributed by atoms with Crippen LogP contribution in [0.25, 0.3) is 0 Å². The molecule has 2 aromatic carbocycles. The minimum atomic E-state index is -4.65. The average molecular weight is 475 g/mol. The standard InChI is InChI=1S/C22H24ClF3NO3S/c1-21(2,31(29,30)18-9-6-8-16(11-18)22(24,25)26)17-12-20(28)27(3,14-17)13-15-7-4-5-10-19(15)23/h4-11,17H,12-14H2,1-3H3/q+1. The zero-order valence-corrected chi connectivity index (χ0v) is 19.0. The Hall–Kier alpha value is -1.90. The highest BCUT2D eigenvalue weighted by Crippen LogP contribution is 2.42. The predicted molar refractivity (Wildman–Crippen MR) is 112 cm³/mol. The van der Waals surface area contributed by atoms with E-state index in [4.69, 9.17) is 11.6 Å². The van der Waals surface area contributed by atoms with Crippen LogP contribution in [0, 0.1) is 5.92 Å². The zero-order chi connectivity index (χ0) is 23.2. The van der Waals surface area contributed by atoms with Crippen LogP contribution in [-0.4, -0.2) is 37.1 Å². The molecule has 9 heteroatoms. The van der Waals surface area contributed by atoms with Crippen LogP contribution in [0.15, 0.2) is 53.4 Å². The Bertz CT molecular complexity index is 1110. The Labute approximate surface area is 185 Å². The number of hydrogen-bond acceptors (Lipinski definition) is 3. The van der Waals surface area contributed by atoms with Crippen molar-refractivity contribution < 1.29 is 30.9 Å². The van der Waals surface area contributed by atoms with Gasteiger partial charge >= 0.3 is 12.1 Å². The lowest BCUT2D eigenvalue weighted by atomic mass is 9.94. The molecule has 0 radical (unpaired) electrons. The van der Waals surface area contributed by atoms with Crippen molar-refractivity contribution in [1.82, 2.24) is 0 Å². The maximum atomic E-state index is 13.3. The Morgan fingerprint density at radius 2 is 1.74 bits per heavy atom. The van der Waals surface area contributed by atoms with E-state index in [1.54, 1.807) is 19.2 Å². The molecule has 0 N–H and O–H groups in total. The molecule has 1 aliphatic rings.